The molecule has 0 spiro atoms. The van der Waals surface area contributed by atoms with E-state index in [1.54, 1.807) is 0 Å². The highest BCUT2D eigenvalue weighted by Gasteiger charge is 2.41. The van der Waals surface area contributed by atoms with Crippen molar-refractivity contribution in [3.8, 4) is 11.5 Å². The summed E-state index contributed by atoms with van der Waals surface area (Å²) in [6.07, 6.45) is -4.29. The first kappa shape index (κ1) is 18.8. The minimum atomic E-state index is -4.29. The van der Waals surface area contributed by atoms with Crippen LogP contribution in [0.1, 0.15) is 52.7 Å². The molecular formula is C18H25F3Si. The summed E-state index contributed by atoms with van der Waals surface area (Å²) >= 11 is 0. The van der Waals surface area contributed by atoms with E-state index in [0.717, 1.165) is 12.1 Å². The average molecular weight is 326 g/mol. The summed E-state index contributed by atoms with van der Waals surface area (Å²) in [5, 5.41) is 0. The third-order valence-electron chi connectivity index (χ3n) is 4.50. The van der Waals surface area contributed by atoms with E-state index in [9.17, 15) is 13.2 Å². The third kappa shape index (κ3) is 3.95. The molecular weight excluding hydrogens is 301 g/mol. The Morgan fingerprint density at radius 3 is 1.55 bits per heavy atom. The SMILES string of the molecule is CC(C)[Si](C#Cc1ccc(C(F)(F)F)cc1)(C(C)C)C(C)C. The van der Waals surface area contributed by atoms with Gasteiger partial charge in [0.05, 0.1) is 5.56 Å². The molecule has 1 aromatic rings. The first-order chi connectivity index (χ1) is 10.0. The summed E-state index contributed by atoms with van der Waals surface area (Å²) < 4.78 is 37.7. The topological polar surface area (TPSA) is 0 Å². The first-order valence-electron chi connectivity index (χ1n) is 7.72. The van der Waals surface area contributed by atoms with Crippen LogP contribution >= 0.6 is 0 Å². The zero-order valence-electron chi connectivity index (χ0n) is 14.2. The fourth-order valence-electron chi connectivity index (χ4n) is 3.36. The van der Waals surface area contributed by atoms with Crippen molar-refractivity contribution in [1.29, 1.82) is 0 Å². The van der Waals surface area contributed by atoms with Gasteiger partial charge < -0.3 is 0 Å². The molecule has 0 aliphatic heterocycles. The molecule has 0 aromatic heterocycles. The van der Waals surface area contributed by atoms with Crippen molar-refractivity contribution in [2.75, 3.05) is 0 Å². The van der Waals surface area contributed by atoms with Gasteiger partial charge in [0.15, 0.2) is 0 Å². The summed E-state index contributed by atoms with van der Waals surface area (Å²) in [6.45, 7) is 13.3. The van der Waals surface area contributed by atoms with E-state index in [4.69, 9.17) is 0 Å². The lowest BCUT2D eigenvalue weighted by molar-refractivity contribution is -0.137. The summed E-state index contributed by atoms with van der Waals surface area (Å²) in [5.41, 5.74) is 5.07. The van der Waals surface area contributed by atoms with Crippen LogP contribution in [0.4, 0.5) is 13.2 Å². The minimum Gasteiger partial charge on any atom is -0.166 e. The van der Waals surface area contributed by atoms with Crippen LogP contribution in [-0.2, 0) is 6.18 Å². The van der Waals surface area contributed by atoms with Crippen LogP contribution in [0.2, 0.25) is 16.6 Å². The molecule has 0 unspecified atom stereocenters. The van der Waals surface area contributed by atoms with Crippen molar-refractivity contribution < 1.29 is 13.2 Å². The zero-order valence-corrected chi connectivity index (χ0v) is 15.2. The van der Waals surface area contributed by atoms with Gasteiger partial charge in [0.1, 0.15) is 8.07 Å². The second-order valence-electron chi connectivity index (χ2n) is 6.72. The molecule has 0 heterocycles. The number of rotatable bonds is 3. The molecule has 0 bridgehead atoms. The maximum atomic E-state index is 12.6. The van der Waals surface area contributed by atoms with Gasteiger partial charge >= 0.3 is 6.18 Å². The summed E-state index contributed by atoms with van der Waals surface area (Å²) in [7, 11) is -1.84. The van der Waals surface area contributed by atoms with Crippen LogP contribution in [0.25, 0.3) is 0 Å². The van der Waals surface area contributed by atoms with Gasteiger partial charge in [-0.05, 0) is 40.9 Å². The Bertz CT molecular complexity index is 521. The lowest BCUT2D eigenvalue weighted by Crippen LogP contribution is -2.43. The molecule has 0 atom stereocenters. The highest BCUT2D eigenvalue weighted by molar-refractivity contribution is 6.90. The highest BCUT2D eigenvalue weighted by Crippen LogP contribution is 2.40. The van der Waals surface area contributed by atoms with E-state index >= 15 is 0 Å². The van der Waals surface area contributed by atoms with Gasteiger partial charge in [-0.25, -0.2) is 0 Å². The molecule has 0 aliphatic rings. The van der Waals surface area contributed by atoms with E-state index in [-0.39, 0.29) is 0 Å². The van der Waals surface area contributed by atoms with Crippen LogP contribution in [-0.4, -0.2) is 8.07 Å². The average Bonchev–Trinajstić information content (AvgIpc) is 2.37. The Balaban J connectivity index is 3.19. The van der Waals surface area contributed by atoms with Crippen molar-refractivity contribution in [1.82, 2.24) is 0 Å². The summed E-state index contributed by atoms with van der Waals surface area (Å²) in [6, 6.07) is 5.15. The smallest absolute Gasteiger partial charge is 0.166 e. The molecule has 1 aromatic carbocycles. The molecule has 0 fully saturated rings. The molecule has 0 radical (unpaired) electrons. The monoisotopic (exact) mass is 326 g/mol. The number of hydrogen-bond acceptors (Lipinski definition) is 0. The number of benzene rings is 1. The normalized spacial score (nSPS) is 12.7. The predicted molar refractivity (Wildman–Crippen MR) is 89.4 cm³/mol. The molecule has 22 heavy (non-hydrogen) atoms. The minimum absolute atomic E-state index is 0.509. The van der Waals surface area contributed by atoms with Gasteiger partial charge in [0.25, 0.3) is 0 Å². The lowest BCUT2D eigenvalue weighted by atomic mass is 10.1. The quantitative estimate of drug-likeness (QED) is 0.453. The largest absolute Gasteiger partial charge is 0.416 e. The number of hydrogen-bond donors (Lipinski definition) is 0. The maximum absolute atomic E-state index is 12.6. The fourth-order valence-corrected chi connectivity index (χ4v) is 8.58. The van der Waals surface area contributed by atoms with Crippen molar-refractivity contribution in [2.45, 2.75) is 64.3 Å². The van der Waals surface area contributed by atoms with Gasteiger partial charge in [-0.1, -0.05) is 47.5 Å². The van der Waals surface area contributed by atoms with Crippen LogP contribution in [0.15, 0.2) is 24.3 Å². The molecule has 0 saturated heterocycles. The van der Waals surface area contributed by atoms with Crippen molar-refractivity contribution >= 4 is 8.07 Å². The summed E-state index contributed by atoms with van der Waals surface area (Å²) in [5.74, 6) is 3.15. The van der Waals surface area contributed by atoms with E-state index in [2.05, 4.69) is 53.0 Å². The maximum Gasteiger partial charge on any atom is 0.416 e. The van der Waals surface area contributed by atoms with Gasteiger partial charge in [-0.2, -0.15) is 13.2 Å². The number of halogens is 3. The summed E-state index contributed by atoms with van der Waals surface area (Å²) in [4.78, 5) is 0. The van der Waals surface area contributed by atoms with Crippen LogP contribution < -0.4 is 0 Å². The van der Waals surface area contributed by atoms with Gasteiger partial charge in [-0.15, -0.1) is 5.54 Å². The van der Waals surface area contributed by atoms with Gasteiger partial charge in [-0.3, -0.25) is 0 Å². The highest BCUT2D eigenvalue weighted by atomic mass is 28.3. The zero-order chi connectivity index (χ0) is 17.1. The Kier molecular flexibility index (Phi) is 5.92. The fraction of sp³-hybridized carbons (Fsp3) is 0.556. The van der Waals surface area contributed by atoms with Gasteiger partial charge in [0, 0.05) is 5.56 Å². The second kappa shape index (κ2) is 6.91. The van der Waals surface area contributed by atoms with Gasteiger partial charge in [0.2, 0.25) is 0 Å². The Labute approximate surface area is 133 Å². The van der Waals surface area contributed by atoms with Crippen molar-refractivity contribution in [3.05, 3.63) is 35.4 Å². The Morgan fingerprint density at radius 2 is 1.23 bits per heavy atom. The Morgan fingerprint density at radius 1 is 0.818 bits per heavy atom. The van der Waals surface area contributed by atoms with Crippen molar-refractivity contribution in [2.24, 2.45) is 0 Å². The molecule has 0 nitrogen and oxygen atoms in total. The van der Waals surface area contributed by atoms with E-state index in [1.165, 1.54) is 12.1 Å². The second-order valence-corrected chi connectivity index (χ2v) is 12.3. The molecule has 0 N–H and O–H groups in total. The van der Waals surface area contributed by atoms with E-state index in [0.29, 0.717) is 22.2 Å². The molecule has 122 valence electrons. The Hall–Kier alpha value is -1.21. The molecule has 1 rings (SSSR count). The molecule has 4 heteroatoms. The molecule has 0 amide bonds. The first-order valence-corrected chi connectivity index (χ1v) is 9.95. The molecule has 0 saturated carbocycles. The van der Waals surface area contributed by atoms with Crippen molar-refractivity contribution in [3.63, 3.8) is 0 Å². The van der Waals surface area contributed by atoms with Crippen LogP contribution in [0.3, 0.4) is 0 Å². The van der Waals surface area contributed by atoms with Crippen LogP contribution in [0.5, 0.6) is 0 Å². The van der Waals surface area contributed by atoms with Crippen LogP contribution in [0, 0.1) is 11.5 Å². The standard InChI is InChI=1S/C18H25F3Si/c1-13(2)22(14(3)4,15(5)6)12-11-16-7-9-17(10-8-16)18(19,20)21/h7-10,13-15H,1-6H3. The molecule has 0 aliphatic carbocycles. The predicted octanol–water partition coefficient (Wildman–Crippen LogP) is 6.27. The number of alkyl halides is 3. The third-order valence-corrected chi connectivity index (χ3v) is 10.8. The van der Waals surface area contributed by atoms with E-state index < -0.39 is 19.8 Å². The van der Waals surface area contributed by atoms with E-state index in [1.807, 2.05) is 0 Å². The lowest BCUT2D eigenvalue weighted by Gasteiger charge is -2.38.